The van der Waals surface area contributed by atoms with E-state index >= 15 is 0 Å². The molecule has 0 aliphatic heterocycles. The van der Waals surface area contributed by atoms with Gasteiger partial charge in [0.1, 0.15) is 6.54 Å². The molecule has 0 unspecified atom stereocenters. The number of rotatable bonds is 5. The fraction of sp³-hybridized carbons (Fsp3) is 0.273. The molecule has 9 nitrogen and oxygen atoms in total. The highest BCUT2D eigenvalue weighted by atomic mass is 79.9. The summed E-state index contributed by atoms with van der Waals surface area (Å²) in [5, 5.41) is 4.00. The topological polar surface area (TPSA) is 141 Å². The van der Waals surface area contributed by atoms with E-state index in [1.54, 1.807) is 5.32 Å². The van der Waals surface area contributed by atoms with Crippen molar-refractivity contribution < 1.29 is 28.3 Å². The maximum atomic E-state index is 11.6. The molecular weight excluding hydrogens is 350 g/mol. The van der Waals surface area contributed by atoms with Crippen LogP contribution in [0.3, 0.4) is 0 Å². The Balaban J connectivity index is 2.38. The molecule has 1 aromatic rings. The predicted molar refractivity (Wildman–Crippen MR) is 72.0 cm³/mol. The maximum Gasteiger partial charge on any atom is 0.326 e. The van der Waals surface area contributed by atoms with Crippen LogP contribution in [0.4, 0.5) is 4.79 Å². The quantitative estimate of drug-likeness (QED) is 0.625. The molecule has 0 saturated carbocycles. The molecule has 0 fully saturated rings. The van der Waals surface area contributed by atoms with Crippen molar-refractivity contribution in [2.24, 2.45) is 5.73 Å². The first-order valence-electron chi connectivity index (χ1n) is 5.63. The lowest BCUT2D eigenvalue weighted by atomic mass is 10.4. The van der Waals surface area contributed by atoms with Crippen LogP contribution in [0, 0.1) is 0 Å². The summed E-state index contributed by atoms with van der Waals surface area (Å²) in [5.41, 5.74) is 4.74. The van der Waals surface area contributed by atoms with Crippen molar-refractivity contribution in [3.63, 3.8) is 0 Å². The number of primary amides is 1. The number of hydrogen-bond donors (Lipinski definition) is 3. The molecule has 0 saturated heterocycles. The van der Waals surface area contributed by atoms with E-state index in [0.717, 1.165) is 0 Å². The smallest absolute Gasteiger partial charge is 0.326 e. The first-order valence-corrected chi connectivity index (χ1v) is 6.42. The van der Waals surface area contributed by atoms with Crippen LogP contribution in [0.1, 0.15) is 17.5 Å². The van der Waals surface area contributed by atoms with Gasteiger partial charge < -0.3 is 20.2 Å². The Morgan fingerprint density at radius 1 is 1.38 bits per heavy atom. The molecule has 1 aromatic heterocycles. The Morgan fingerprint density at radius 3 is 2.57 bits per heavy atom. The number of carbonyl (C=O) groups is 4. The van der Waals surface area contributed by atoms with E-state index in [1.165, 1.54) is 19.1 Å². The van der Waals surface area contributed by atoms with E-state index in [4.69, 9.17) is 14.9 Å². The fourth-order valence-electron chi connectivity index (χ4n) is 1.19. The molecule has 0 radical (unpaired) electrons. The summed E-state index contributed by atoms with van der Waals surface area (Å²) in [6.45, 7) is 0.785. The monoisotopic (exact) mass is 361 g/mol. The number of nitrogens with one attached hydrogen (secondary N) is 2. The van der Waals surface area contributed by atoms with Crippen molar-refractivity contribution in [3.05, 3.63) is 22.6 Å². The van der Waals surface area contributed by atoms with Crippen LogP contribution in [0.2, 0.25) is 0 Å². The van der Waals surface area contributed by atoms with Gasteiger partial charge in [-0.15, -0.1) is 0 Å². The average Bonchev–Trinajstić information content (AvgIpc) is 2.81. The highest BCUT2D eigenvalue weighted by Gasteiger charge is 2.19. The summed E-state index contributed by atoms with van der Waals surface area (Å²) in [6.07, 6.45) is -1.22. The largest absolute Gasteiger partial charge is 0.451 e. The zero-order chi connectivity index (χ0) is 16.0. The van der Waals surface area contributed by atoms with Gasteiger partial charge in [-0.05, 0) is 35.0 Å². The number of esters is 1. The van der Waals surface area contributed by atoms with Crippen LogP contribution in [0.5, 0.6) is 0 Å². The lowest BCUT2D eigenvalue weighted by Gasteiger charge is -2.12. The summed E-state index contributed by atoms with van der Waals surface area (Å²) >= 11 is 3.03. The zero-order valence-corrected chi connectivity index (χ0v) is 12.4. The average molecular weight is 362 g/mol. The van der Waals surface area contributed by atoms with Gasteiger partial charge in [0.15, 0.2) is 16.5 Å². The summed E-state index contributed by atoms with van der Waals surface area (Å²) < 4.78 is 10.0. The normalized spacial score (nSPS) is 11.3. The molecule has 114 valence electrons. The van der Waals surface area contributed by atoms with Crippen LogP contribution in [0.15, 0.2) is 21.2 Å². The highest BCUT2D eigenvalue weighted by molar-refractivity contribution is 9.10. The van der Waals surface area contributed by atoms with Crippen molar-refractivity contribution in [2.45, 2.75) is 13.0 Å². The van der Waals surface area contributed by atoms with Gasteiger partial charge in [0.25, 0.3) is 11.8 Å². The predicted octanol–water partition coefficient (Wildman–Crippen LogP) is -0.102. The van der Waals surface area contributed by atoms with Crippen molar-refractivity contribution >= 4 is 39.7 Å². The molecule has 10 heteroatoms. The Bertz CT molecular complexity index is 570. The van der Waals surface area contributed by atoms with E-state index in [0.29, 0.717) is 4.67 Å². The summed E-state index contributed by atoms with van der Waals surface area (Å²) in [7, 11) is 0. The molecule has 4 N–H and O–H groups in total. The first kappa shape index (κ1) is 16.7. The number of urea groups is 1. The van der Waals surface area contributed by atoms with Crippen LogP contribution in [-0.4, -0.2) is 36.5 Å². The van der Waals surface area contributed by atoms with Gasteiger partial charge >= 0.3 is 12.0 Å². The van der Waals surface area contributed by atoms with Crippen LogP contribution in [0.25, 0.3) is 0 Å². The first-order chi connectivity index (χ1) is 9.79. The molecular formula is C11H12BrN3O6. The standard InChI is InChI=1S/C11H12BrN3O6/c1-5(9(17)15-11(13)19)20-8(16)4-14-10(18)6-2-3-7(12)21-6/h2-3,5H,4H2,1H3,(H,14,18)(H3,13,15,17,19)/t5-/m0/s1. The molecule has 0 aliphatic rings. The molecule has 0 bridgehead atoms. The van der Waals surface area contributed by atoms with Crippen molar-refractivity contribution in [2.75, 3.05) is 6.54 Å². The van der Waals surface area contributed by atoms with Gasteiger partial charge in [-0.25, -0.2) is 4.79 Å². The number of imide groups is 1. The summed E-state index contributed by atoms with van der Waals surface area (Å²) in [5.74, 6) is -2.33. The van der Waals surface area contributed by atoms with E-state index in [1.807, 2.05) is 0 Å². The number of halogens is 1. The molecule has 1 atom stereocenters. The molecule has 4 amide bonds. The second-order valence-corrected chi connectivity index (χ2v) is 4.55. The Kier molecular flexibility index (Phi) is 5.91. The third-order valence-electron chi connectivity index (χ3n) is 2.11. The third-order valence-corrected chi connectivity index (χ3v) is 2.54. The number of amides is 4. The Morgan fingerprint density at radius 2 is 2.05 bits per heavy atom. The second-order valence-electron chi connectivity index (χ2n) is 3.77. The minimum Gasteiger partial charge on any atom is -0.451 e. The third kappa shape index (κ3) is 5.65. The zero-order valence-electron chi connectivity index (χ0n) is 10.8. The number of nitrogens with two attached hydrogens (primary N) is 1. The maximum absolute atomic E-state index is 11.6. The van der Waals surface area contributed by atoms with Crippen molar-refractivity contribution in [3.8, 4) is 0 Å². The lowest BCUT2D eigenvalue weighted by Crippen LogP contribution is -2.43. The van der Waals surface area contributed by atoms with Gasteiger partial charge in [0, 0.05) is 0 Å². The van der Waals surface area contributed by atoms with Crippen molar-refractivity contribution in [1.82, 2.24) is 10.6 Å². The molecule has 1 heterocycles. The van der Waals surface area contributed by atoms with Crippen molar-refractivity contribution in [1.29, 1.82) is 0 Å². The van der Waals surface area contributed by atoms with Gasteiger partial charge in [-0.2, -0.15) is 0 Å². The van der Waals surface area contributed by atoms with E-state index < -0.39 is 36.5 Å². The van der Waals surface area contributed by atoms with E-state index in [9.17, 15) is 19.2 Å². The number of furan rings is 1. The number of ether oxygens (including phenoxy) is 1. The summed E-state index contributed by atoms with van der Waals surface area (Å²) in [4.78, 5) is 44.7. The molecule has 0 aromatic carbocycles. The minimum absolute atomic E-state index is 0.00851. The van der Waals surface area contributed by atoms with Gasteiger partial charge in [0.2, 0.25) is 0 Å². The molecule has 21 heavy (non-hydrogen) atoms. The minimum atomic E-state index is -1.22. The van der Waals surface area contributed by atoms with Crippen LogP contribution in [-0.2, 0) is 14.3 Å². The molecule has 0 spiro atoms. The molecule has 0 aliphatic carbocycles. The fourth-order valence-corrected chi connectivity index (χ4v) is 1.50. The van der Waals surface area contributed by atoms with Gasteiger partial charge in [0.05, 0.1) is 0 Å². The Hall–Kier alpha value is -2.36. The Labute approximate surface area is 127 Å². The summed E-state index contributed by atoms with van der Waals surface area (Å²) in [6, 6.07) is 1.87. The van der Waals surface area contributed by atoms with Gasteiger partial charge in [-0.1, -0.05) is 0 Å². The highest BCUT2D eigenvalue weighted by Crippen LogP contribution is 2.13. The second kappa shape index (κ2) is 7.43. The SMILES string of the molecule is C[C@H](OC(=O)CNC(=O)c1ccc(Br)o1)C(=O)NC(N)=O. The molecule has 1 rings (SSSR count). The van der Waals surface area contributed by atoms with E-state index in [-0.39, 0.29) is 5.76 Å². The lowest BCUT2D eigenvalue weighted by molar-refractivity contribution is -0.153. The number of hydrogen-bond acceptors (Lipinski definition) is 6. The van der Waals surface area contributed by atoms with Gasteiger partial charge in [-0.3, -0.25) is 19.7 Å². The van der Waals surface area contributed by atoms with E-state index in [2.05, 4.69) is 21.2 Å². The number of carbonyl (C=O) groups excluding carboxylic acids is 4. The van der Waals surface area contributed by atoms with Crippen LogP contribution >= 0.6 is 15.9 Å². The van der Waals surface area contributed by atoms with Crippen LogP contribution < -0.4 is 16.4 Å².